The molecule has 0 aromatic heterocycles. The molecule has 0 heterocycles. The fourth-order valence-electron chi connectivity index (χ4n) is 1.41. The van der Waals surface area contributed by atoms with Crippen LogP contribution in [0.3, 0.4) is 0 Å². The van der Waals surface area contributed by atoms with Crippen LogP contribution in [0.1, 0.15) is 18.9 Å². The molecule has 0 radical (unpaired) electrons. The summed E-state index contributed by atoms with van der Waals surface area (Å²) in [6, 6.07) is 4.28. The number of sulfonamides is 1. The topological polar surface area (TPSA) is 72.2 Å². The Bertz CT molecular complexity index is 544. The first-order chi connectivity index (χ1) is 7.92. The van der Waals surface area contributed by atoms with Gasteiger partial charge in [0.25, 0.3) is 0 Å². The first-order valence-electron chi connectivity index (χ1n) is 5.26. The van der Waals surface area contributed by atoms with E-state index in [-0.39, 0.29) is 4.90 Å². The maximum Gasteiger partial charge on any atom is 0.241 e. The zero-order valence-electron chi connectivity index (χ0n) is 9.90. The number of nitrogens with one attached hydrogen (secondary N) is 1. The first kappa shape index (κ1) is 13.6. The molecule has 0 saturated carbocycles. The molecular formula is C12H16N2O2S. The number of nitrogens with two attached hydrogens (primary N) is 1. The average molecular weight is 252 g/mol. The lowest BCUT2D eigenvalue weighted by Crippen LogP contribution is -2.33. The smallest absolute Gasteiger partial charge is 0.241 e. The monoisotopic (exact) mass is 252 g/mol. The Hall–Kier alpha value is -1.51. The van der Waals surface area contributed by atoms with Crippen LogP contribution in [0.2, 0.25) is 0 Å². The van der Waals surface area contributed by atoms with E-state index in [1.807, 2.05) is 6.92 Å². The van der Waals surface area contributed by atoms with Crippen LogP contribution in [0.25, 0.3) is 0 Å². The van der Waals surface area contributed by atoms with E-state index in [0.29, 0.717) is 17.7 Å². The second kappa shape index (κ2) is 5.21. The van der Waals surface area contributed by atoms with E-state index in [0.717, 1.165) is 0 Å². The average Bonchev–Trinajstić information content (AvgIpc) is 2.29. The van der Waals surface area contributed by atoms with Crippen molar-refractivity contribution in [2.75, 3.05) is 5.73 Å². The van der Waals surface area contributed by atoms with Crippen LogP contribution in [-0.4, -0.2) is 14.5 Å². The maximum absolute atomic E-state index is 12.1. The fraction of sp³-hybridized carbons (Fsp3) is 0.333. The number of benzene rings is 1. The zero-order valence-corrected chi connectivity index (χ0v) is 10.7. The molecule has 1 atom stereocenters. The Morgan fingerprint density at radius 2 is 2.18 bits per heavy atom. The first-order valence-corrected chi connectivity index (χ1v) is 6.74. The molecule has 0 spiro atoms. The van der Waals surface area contributed by atoms with Gasteiger partial charge in [0.1, 0.15) is 0 Å². The van der Waals surface area contributed by atoms with Gasteiger partial charge < -0.3 is 5.73 Å². The van der Waals surface area contributed by atoms with Gasteiger partial charge in [-0.15, -0.1) is 6.42 Å². The molecule has 0 amide bonds. The lowest BCUT2D eigenvalue weighted by atomic mass is 10.2. The van der Waals surface area contributed by atoms with Gasteiger partial charge in [-0.05, 0) is 31.0 Å². The summed E-state index contributed by atoms with van der Waals surface area (Å²) < 4.78 is 26.6. The van der Waals surface area contributed by atoms with E-state index in [4.69, 9.17) is 12.2 Å². The van der Waals surface area contributed by atoms with E-state index in [1.165, 1.54) is 6.07 Å². The molecule has 92 valence electrons. The quantitative estimate of drug-likeness (QED) is 0.626. The van der Waals surface area contributed by atoms with E-state index in [9.17, 15) is 8.42 Å². The van der Waals surface area contributed by atoms with Crippen molar-refractivity contribution in [3.63, 3.8) is 0 Å². The van der Waals surface area contributed by atoms with Crippen LogP contribution >= 0.6 is 0 Å². The Morgan fingerprint density at radius 1 is 1.53 bits per heavy atom. The normalized spacial score (nSPS) is 13.0. The summed E-state index contributed by atoms with van der Waals surface area (Å²) in [6.45, 7) is 3.49. The number of terminal acetylenes is 1. The SMILES string of the molecule is C#CC(CC)NS(=O)(=O)c1cccc(N)c1C. The summed E-state index contributed by atoms with van der Waals surface area (Å²) >= 11 is 0. The molecule has 0 fully saturated rings. The van der Waals surface area contributed by atoms with E-state index in [1.54, 1.807) is 19.1 Å². The fourth-order valence-corrected chi connectivity index (χ4v) is 2.92. The van der Waals surface area contributed by atoms with Gasteiger partial charge in [-0.3, -0.25) is 0 Å². The molecule has 1 aromatic rings. The number of anilines is 1. The Labute approximate surface area is 102 Å². The van der Waals surface area contributed by atoms with E-state index >= 15 is 0 Å². The van der Waals surface area contributed by atoms with Crippen LogP contribution in [-0.2, 0) is 10.0 Å². The molecule has 5 heteroatoms. The van der Waals surface area contributed by atoms with Crippen molar-refractivity contribution in [3.8, 4) is 12.3 Å². The minimum atomic E-state index is -3.61. The lowest BCUT2D eigenvalue weighted by molar-refractivity contribution is 0.570. The van der Waals surface area contributed by atoms with Crippen LogP contribution in [0, 0.1) is 19.3 Å². The summed E-state index contributed by atoms with van der Waals surface area (Å²) in [5.41, 5.74) is 6.66. The third-order valence-electron chi connectivity index (χ3n) is 2.52. The third-order valence-corrected chi connectivity index (χ3v) is 4.14. The summed E-state index contributed by atoms with van der Waals surface area (Å²) in [5.74, 6) is 2.39. The second-order valence-electron chi connectivity index (χ2n) is 3.72. The number of hydrogen-bond acceptors (Lipinski definition) is 3. The Kier molecular flexibility index (Phi) is 4.16. The van der Waals surface area contributed by atoms with E-state index in [2.05, 4.69) is 10.6 Å². The van der Waals surface area contributed by atoms with Crippen LogP contribution in [0.5, 0.6) is 0 Å². The number of rotatable bonds is 4. The van der Waals surface area contributed by atoms with Gasteiger partial charge in [0.05, 0.1) is 10.9 Å². The molecule has 3 N–H and O–H groups in total. The highest BCUT2D eigenvalue weighted by molar-refractivity contribution is 7.89. The highest BCUT2D eigenvalue weighted by Gasteiger charge is 2.20. The minimum Gasteiger partial charge on any atom is -0.398 e. The number of nitrogen functional groups attached to an aromatic ring is 1. The minimum absolute atomic E-state index is 0.172. The zero-order chi connectivity index (χ0) is 13.1. The molecule has 4 nitrogen and oxygen atoms in total. The second-order valence-corrected chi connectivity index (χ2v) is 5.40. The van der Waals surface area contributed by atoms with Crippen molar-refractivity contribution in [2.45, 2.75) is 31.2 Å². The molecule has 0 saturated heterocycles. The van der Waals surface area contributed by atoms with Crippen LogP contribution in [0.4, 0.5) is 5.69 Å². The van der Waals surface area contributed by atoms with Gasteiger partial charge >= 0.3 is 0 Å². The maximum atomic E-state index is 12.1. The summed E-state index contributed by atoms with van der Waals surface area (Å²) in [6.07, 6.45) is 5.77. The molecule has 0 aliphatic carbocycles. The van der Waals surface area contributed by atoms with Gasteiger partial charge in [0.15, 0.2) is 0 Å². The Balaban J connectivity index is 3.15. The largest absolute Gasteiger partial charge is 0.398 e. The van der Waals surface area contributed by atoms with Crippen LogP contribution in [0.15, 0.2) is 23.1 Å². The summed E-state index contributed by atoms with van der Waals surface area (Å²) in [4.78, 5) is 0.172. The summed E-state index contributed by atoms with van der Waals surface area (Å²) in [7, 11) is -3.61. The van der Waals surface area contributed by atoms with Crippen molar-refractivity contribution in [3.05, 3.63) is 23.8 Å². The summed E-state index contributed by atoms with van der Waals surface area (Å²) in [5, 5.41) is 0. The van der Waals surface area contributed by atoms with E-state index < -0.39 is 16.1 Å². The molecule has 1 unspecified atom stereocenters. The highest BCUT2D eigenvalue weighted by atomic mass is 32.2. The molecule has 0 aliphatic rings. The molecular weight excluding hydrogens is 236 g/mol. The van der Waals surface area contributed by atoms with Crippen molar-refractivity contribution < 1.29 is 8.42 Å². The van der Waals surface area contributed by atoms with Gasteiger partial charge in [0.2, 0.25) is 10.0 Å². The van der Waals surface area contributed by atoms with Gasteiger partial charge in [-0.2, -0.15) is 4.72 Å². The van der Waals surface area contributed by atoms with Crippen LogP contribution < -0.4 is 10.5 Å². The molecule has 0 bridgehead atoms. The van der Waals surface area contributed by atoms with Crippen molar-refractivity contribution in [2.24, 2.45) is 0 Å². The molecule has 1 rings (SSSR count). The predicted molar refractivity (Wildman–Crippen MR) is 68.8 cm³/mol. The lowest BCUT2D eigenvalue weighted by Gasteiger charge is -2.13. The van der Waals surface area contributed by atoms with Gasteiger partial charge in [-0.25, -0.2) is 8.42 Å². The van der Waals surface area contributed by atoms with Crippen molar-refractivity contribution in [1.82, 2.24) is 4.72 Å². The number of hydrogen-bond donors (Lipinski definition) is 2. The molecule has 0 aliphatic heterocycles. The highest BCUT2D eigenvalue weighted by Crippen LogP contribution is 2.20. The van der Waals surface area contributed by atoms with Crippen molar-refractivity contribution in [1.29, 1.82) is 0 Å². The standard InChI is InChI=1S/C12H16N2O2S/c1-4-10(5-2)14-17(15,16)12-8-6-7-11(13)9(12)3/h1,6-8,10,14H,5,13H2,2-3H3. The van der Waals surface area contributed by atoms with Crippen molar-refractivity contribution >= 4 is 15.7 Å². The van der Waals surface area contributed by atoms with Gasteiger partial charge in [0, 0.05) is 5.69 Å². The molecule has 17 heavy (non-hydrogen) atoms. The molecule has 1 aromatic carbocycles. The predicted octanol–water partition coefficient (Wildman–Crippen LogP) is 1.27. The Morgan fingerprint density at radius 3 is 2.71 bits per heavy atom. The van der Waals surface area contributed by atoms with Gasteiger partial charge in [-0.1, -0.05) is 18.9 Å². The third kappa shape index (κ3) is 2.99.